The maximum absolute atomic E-state index is 9.59. The van der Waals surface area contributed by atoms with Crippen molar-refractivity contribution in [1.29, 1.82) is 0 Å². The molecule has 0 bridgehead atoms. The van der Waals surface area contributed by atoms with E-state index in [9.17, 15) is 5.11 Å². The van der Waals surface area contributed by atoms with Gasteiger partial charge in [0.25, 0.3) is 0 Å². The number of aryl methyl sites for hydroxylation is 2. The van der Waals surface area contributed by atoms with Gasteiger partial charge in [-0.2, -0.15) is 0 Å². The quantitative estimate of drug-likeness (QED) is 0.825. The van der Waals surface area contributed by atoms with Gasteiger partial charge >= 0.3 is 0 Å². The van der Waals surface area contributed by atoms with Gasteiger partial charge in [-0.25, -0.2) is 0 Å². The van der Waals surface area contributed by atoms with Gasteiger partial charge in [-0.05, 0) is 36.6 Å². The number of rotatable bonds is 3. The van der Waals surface area contributed by atoms with E-state index >= 15 is 0 Å². The molecule has 2 N–H and O–H groups in total. The van der Waals surface area contributed by atoms with Crippen LogP contribution in [0.3, 0.4) is 0 Å². The van der Waals surface area contributed by atoms with Crippen LogP contribution in [0.4, 0.5) is 0 Å². The van der Waals surface area contributed by atoms with E-state index in [0.717, 1.165) is 17.7 Å². The Morgan fingerprint density at radius 2 is 1.88 bits per heavy atom. The molecule has 3 nitrogen and oxygen atoms in total. The van der Waals surface area contributed by atoms with Crippen LogP contribution >= 0.6 is 0 Å². The molecule has 16 heavy (non-hydrogen) atoms. The number of phenols is 2. The van der Waals surface area contributed by atoms with E-state index in [-0.39, 0.29) is 11.5 Å². The van der Waals surface area contributed by atoms with Gasteiger partial charge in [0.2, 0.25) is 0 Å². The molecule has 0 unspecified atom stereocenters. The molecule has 1 heterocycles. The van der Waals surface area contributed by atoms with Crippen molar-refractivity contribution in [2.45, 2.75) is 12.8 Å². The zero-order chi connectivity index (χ0) is 11.4. The molecular weight excluding hydrogens is 202 g/mol. The molecule has 0 spiro atoms. The summed E-state index contributed by atoms with van der Waals surface area (Å²) in [5, 5.41) is 18.7. The summed E-state index contributed by atoms with van der Waals surface area (Å²) in [6.07, 6.45) is 3.24. The van der Waals surface area contributed by atoms with Gasteiger partial charge in [0.1, 0.15) is 11.5 Å². The van der Waals surface area contributed by atoms with E-state index in [4.69, 9.17) is 5.11 Å². The third-order valence-corrected chi connectivity index (χ3v) is 2.45. The molecule has 0 fully saturated rings. The Bertz CT molecular complexity index is 469. The van der Waals surface area contributed by atoms with Crippen molar-refractivity contribution in [2.24, 2.45) is 0 Å². The van der Waals surface area contributed by atoms with Crippen molar-refractivity contribution in [2.75, 3.05) is 0 Å². The van der Waals surface area contributed by atoms with Crippen molar-refractivity contribution < 1.29 is 10.2 Å². The first kappa shape index (κ1) is 10.5. The summed E-state index contributed by atoms with van der Waals surface area (Å²) in [5.74, 6) is 0.218. The molecule has 0 saturated heterocycles. The number of aromatic hydroxyl groups is 2. The van der Waals surface area contributed by atoms with E-state index in [1.165, 1.54) is 6.07 Å². The van der Waals surface area contributed by atoms with Gasteiger partial charge in [-0.1, -0.05) is 12.1 Å². The number of hydrogen-bond acceptors (Lipinski definition) is 3. The number of phenolic OH excluding ortho intramolecular Hbond substituents is 2. The molecule has 3 heteroatoms. The van der Waals surface area contributed by atoms with Crippen LogP contribution in [0.2, 0.25) is 0 Å². The molecule has 0 atom stereocenters. The van der Waals surface area contributed by atoms with Gasteiger partial charge in [0.05, 0.1) is 0 Å². The minimum absolute atomic E-state index is 0.0825. The molecular formula is C13H13NO2. The van der Waals surface area contributed by atoms with Gasteiger partial charge in [-0.15, -0.1) is 0 Å². The number of aromatic nitrogens is 1. The first-order valence-corrected chi connectivity index (χ1v) is 5.16. The average molecular weight is 215 g/mol. The molecule has 82 valence electrons. The van der Waals surface area contributed by atoms with Crippen LogP contribution in [-0.2, 0) is 12.8 Å². The molecule has 1 aromatic heterocycles. The average Bonchev–Trinajstić information content (AvgIpc) is 2.29. The standard InChI is InChI=1S/C13H13NO2/c15-12-7-5-10(13(16)9-12)4-6-11-3-1-2-8-14-11/h1-3,5,7-9,15-16H,4,6H2. The highest BCUT2D eigenvalue weighted by Gasteiger charge is 2.03. The summed E-state index contributed by atoms with van der Waals surface area (Å²) in [7, 11) is 0. The predicted octanol–water partition coefficient (Wildman–Crippen LogP) is 2.28. The van der Waals surface area contributed by atoms with Crippen molar-refractivity contribution in [1.82, 2.24) is 4.98 Å². The van der Waals surface area contributed by atoms with Gasteiger partial charge < -0.3 is 10.2 Å². The van der Waals surface area contributed by atoms with Crippen LogP contribution in [0.1, 0.15) is 11.3 Å². The highest BCUT2D eigenvalue weighted by atomic mass is 16.3. The Morgan fingerprint density at radius 3 is 2.56 bits per heavy atom. The van der Waals surface area contributed by atoms with Crippen LogP contribution in [0.25, 0.3) is 0 Å². The molecule has 0 aliphatic rings. The van der Waals surface area contributed by atoms with Crippen LogP contribution in [0.5, 0.6) is 11.5 Å². The Hall–Kier alpha value is -2.03. The fourth-order valence-corrected chi connectivity index (χ4v) is 1.57. The van der Waals surface area contributed by atoms with Crippen molar-refractivity contribution in [3.05, 3.63) is 53.9 Å². The Balaban J connectivity index is 2.05. The van der Waals surface area contributed by atoms with Crippen LogP contribution in [0.15, 0.2) is 42.6 Å². The van der Waals surface area contributed by atoms with Gasteiger partial charge in [-0.3, -0.25) is 4.98 Å². The molecule has 2 rings (SSSR count). The monoisotopic (exact) mass is 215 g/mol. The molecule has 0 saturated carbocycles. The third-order valence-electron chi connectivity index (χ3n) is 2.45. The summed E-state index contributed by atoms with van der Waals surface area (Å²) in [4.78, 5) is 4.21. The summed E-state index contributed by atoms with van der Waals surface area (Å²) in [6, 6.07) is 10.4. The fraction of sp³-hybridized carbons (Fsp3) is 0.154. The lowest BCUT2D eigenvalue weighted by Crippen LogP contribution is -1.93. The smallest absolute Gasteiger partial charge is 0.122 e. The first-order chi connectivity index (χ1) is 7.75. The van der Waals surface area contributed by atoms with Crippen molar-refractivity contribution in [3.8, 4) is 11.5 Å². The maximum atomic E-state index is 9.59. The normalized spacial score (nSPS) is 10.2. The number of benzene rings is 1. The Labute approximate surface area is 94.0 Å². The molecule has 0 radical (unpaired) electrons. The second-order valence-electron chi connectivity index (χ2n) is 3.63. The minimum atomic E-state index is 0.0825. The number of pyridine rings is 1. The van der Waals surface area contributed by atoms with Crippen LogP contribution < -0.4 is 0 Å². The molecule has 0 aliphatic carbocycles. The number of nitrogens with zero attached hydrogens (tertiary/aromatic N) is 1. The SMILES string of the molecule is Oc1ccc(CCc2ccccn2)c(O)c1. The zero-order valence-corrected chi connectivity index (χ0v) is 8.80. The second kappa shape index (κ2) is 4.66. The summed E-state index contributed by atoms with van der Waals surface area (Å²) < 4.78 is 0. The van der Waals surface area contributed by atoms with Crippen LogP contribution in [0, 0.1) is 0 Å². The van der Waals surface area contributed by atoms with E-state index in [2.05, 4.69) is 4.98 Å². The second-order valence-corrected chi connectivity index (χ2v) is 3.63. The van der Waals surface area contributed by atoms with E-state index in [1.54, 1.807) is 18.3 Å². The summed E-state index contributed by atoms with van der Waals surface area (Å²) >= 11 is 0. The molecule has 0 aliphatic heterocycles. The zero-order valence-electron chi connectivity index (χ0n) is 8.80. The molecule has 1 aromatic carbocycles. The predicted molar refractivity (Wildman–Crippen MR) is 61.4 cm³/mol. The summed E-state index contributed by atoms with van der Waals surface area (Å²) in [5.41, 5.74) is 1.82. The first-order valence-electron chi connectivity index (χ1n) is 5.16. The molecule has 0 amide bonds. The lowest BCUT2D eigenvalue weighted by atomic mass is 10.1. The van der Waals surface area contributed by atoms with E-state index in [1.807, 2.05) is 18.2 Å². The highest BCUT2D eigenvalue weighted by Crippen LogP contribution is 2.23. The van der Waals surface area contributed by atoms with E-state index in [0.29, 0.717) is 6.42 Å². The van der Waals surface area contributed by atoms with Gasteiger partial charge in [0, 0.05) is 18.0 Å². The number of hydrogen-bond donors (Lipinski definition) is 2. The maximum Gasteiger partial charge on any atom is 0.122 e. The van der Waals surface area contributed by atoms with Crippen molar-refractivity contribution in [3.63, 3.8) is 0 Å². The van der Waals surface area contributed by atoms with Gasteiger partial charge in [0.15, 0.2) is 0 Å². The lowest BCUT2D eigenvalue weighted by molar-refractivity contribution is 0.446. The minimum Gasteiger partial charge on any atom is -0.508 e. The summed E-state index contributed by atoms with van der Waals surface area (Å²) in [6.45, 7) is 0. The highest BCUT2D eigenvalue weighted by molar-refractivity contribution is 5.39. The van der Waals surface area contributed by atoms with E-state index < -0.39 is 0 Å². The van der Waals surface area contributed by atoms with Crippen molar-refractivity contribution >= 4 is 0 Å². The topological polar surface area (TPSA) is 53.4 Å². The van der Waals surface area contributed by atoms with Crippen LogP contribution in [-0.4, -0.2) is 15.2 Å². The lowest BCUT2D eigenvalue weighted by Gasteiger charge is -2.04. The Morgan fingerprint density at radius 1 is 1.00 bits per heavy atom. The molecule has 2 aromatic rings. The fourth-order valence-electron chi connectivity index (χ4n) is 1.57. The largest absolute Gasteiger partial charge is 0.508 e. The Kier molecular flexibility index (Phi) is 3.05. The third kappa shape index (κ3) is 2.51.